The molecule has 0 saturated carbocycles. The summed E-state index contributed by atoms with van der Waals surface area (Å²) in [5.74, 6) is 0.752. The van der Waals surface area contributed by atoms with Crippen molar-refractivity contribution in [2.45, 2.75) is 6.04 Å². The quantitative estimate of drug-likeness (QED) is 0.788. The fourth-order valence-electron chi connectivity index (χ4n) is 1.85. The summed E-state index contributed by atoms with van der Waals surface area (Å²) in [5.41, 5.74) is 0. The Bertz CT molecular complexity index is 339. The second-order valence-corrected chi connectivity index (χ2v) is 3.89. The zero-order valence-corrected chi connectivity index (χ0v) is 10.1. The van der Waals surface area contributed by atoms with Gasteiger partial charge in [-0.2, -0.15) is 5.26 Å². The Hall–Kier alpha value is -1.02. The Morgan fingerprint density at radius 1 is 1.38 bits per heavy atom. The standard InChI is InChI=1S/C11H15N3O.ClH/c1-13-4-6-14(7-5-13)10(9-12)11-3-2-8-15-11;/h2-3,8,10H,4-7H2,1H3;1H. The van der Waals surface area contributed by atoms with E-state index in [0.717, 1.165) is 31.9 Å². The fourth-order valence-corrected chi connectivity index (χ4v) is 1.85. The van der Waals surface area contributed by atoms with Crippen LogP contribution in [0.15, 0.2) is 22.8 Å². The number of rotatable bonds is 2. The van der Waals surface area contributed by atoms with E-state index in [0.29, 0.717) is 0 Å². The zero-order valence-electron chi connectivity index (χ0n) is 9.30. The number of likely N-dealkylation sites (N-methyl/N-ethyl adjacent to an activating group) is 1. The molecular weight excluding hydrogens is 226 g/mol. The number of hydrogen-bond donors (Lipinski definition) is 0. The topological polar surface area (TPSA) is 43.4 Å². The summed E-state index contributed by atoms with van der Waals surface area (Å²) in [7, 11) is 2.10. The minimum Gasteiger partial charge on any atom is -0.467 e. The van der Waals surface area contributed by atoms with Crippen LogP contribution in [-0.4, -0.2) is 43.0 Å². The Balaban J connectivity index is 0.00000128. The molecule has 1 fully saturated rings. The van der Waals surface area contributed by atoms with Crippen LogP contribution in [0, 0.1) is 11.3 Å². The normalized spacial score (nSPS) is 19.8. The largest absolute Gasteiger partial charge is 0.467 e. The molecule has 0 spiro atoms. The predicted octanol–water partition coefficient (Wildman–Crippen LogP) is 1.51. The molecule has 1 unspecified atom stereocenters. The van der Waals surface area contributed by atoms with Crippen molar-refractivity contribution in [3.05, 3.63) is 24.2 Å². The maximum absolute atomic E-state index is 9.15. The number of piperazine rings is 1. The highest BCUT2D eigenvalue weighted by atomic mass is 35.5. The van der Waals surface area contributed by atoms with Gasteiger partial charge in [0.15, 0.2) is 6.04 Å². The summed E-state index contributed by atoms with van der Waals surface area (Å²) in [6, 6.07) is 5.77. The van der Waals surface area contributed by atoms with Gasteiger partial charge in [-0.3, -0.25) is 4.90 Å². The maximum Gasteiger partial charge on any atom is 0.156 e. The number of furan rings is 1. The molecule has 5 heteroatoms. The van der Waals surface area contributed by atoms with Crippen LogP contribution < -0.4 is 0 Å². The van der Waals surface area contributed by atoms with E-state index in [1.807, 2.05) is 12.1 Å². The van der Waals surface area contributed by atoms with Crippen molar-refractivity contribution in [3.8, 4) is 6.07 Å². The maximum atomic E-state index is 9.15. The smallest absolute Gasteiger partial charge is 0.156 e. The third-order valence-electron chi connectivity index (χ3n) is 2.84. The number of nitriles is 1. The van der Waals surface area contributed by atoms with Gasteiger partial charge in [-0.1, -0.05) is 0 Å². The van der Waals surface area contributed by atoms with Crippen LogP contribution in [0.1, 0.15) is 11.8 Å². The van der Waals surface area contributed by atoms with Gasteiger partial charge in [0.25, 0.3) is 0 Å². The minimum absolute atomic E-state index is 0. The van der Waals surface area contributed by atoms with Crippen molar-refractivity contribution >= 4 is 12.4 Å². The Labute approximate surface area is 102 Å². The average molecular weight is 242 g/mol. The van der Waals surface area contributed by atoms with E-state index in [2.05, 4.69) is 22.9 Å². The zero-order chi connectivity index (χ0) is 10.7. The molecule has 2 rings (SSSR count). The van der Waals surface area contributed by atoms with Crippen molar-refractivity contribution in [1.82, 2.24) is 9.80 Å². The Morgan fingerprint density at radius 2 is 2.06 bits per heavy atom. The molecular formula is C11H16ClN3O. The van der Waals surface area contributed by atoms with E-state index in [9.17, 15) is 0 Å². The van der Waals surface area contributed by atoms with Crippen LogP contribution in [0.3, 0.4) is 0 Å². The summed E-state index contributed by atoms with van der Waals surface area (Å²) >= 11 is 0. The highest BCUT2D eigenvalue weighted by Gasteiger charge is 2.25. The number of hydrogen-bond acceptors (Lipinski definition) is 4. The van der Waals surface area contributed by atoms with E-state index in [1.165, 1.54) is 0 Å². The molecule has 1 aliphatic rings. The molecule has 1 saturated heterocycles. The molecule has 1 atom stereocenters. The molecule has 2 heterocycles. The molecule has 1 aromatic heterocycles. The third-order valence-corrected chi connectivity index (χ3v) is 2.84. The minimum atomic E-state index is -0.228. The lowest BCUT2D eigenvalue weighted by molar-refractivity contribution is 0.123. The van der Waals surface area contributed by atoms with Gasteiger partial charge in [-0.05, 0) is 19.2 Å². The van der Waals surface area contributed by atoms with Gasteiger partial charge in [0.1, 0.15) is 5.76 Å². The van der Waals surface area contributed by atoms with Gasteiger partial charge in [-0.15, -0.1) is 12.4 Å². The highest BCUT2D eigenvalue weighted by Crippen LogP contribution is 2.21. The second kappa shape index (κ2) is 5.90. The molecule has 88 valence electrons. The van der Waals surface area contributed by atoms with E-state index in [4.69, 9.17) is 9.68 Å². The SMILES string of the molecule is CN1CCN(C(C#N)c2ccco2)CC1.Cl. The monoisotopic (exact) mass is 241 g/mol. The van der Waals surface area contributed by atoms with E-state index >= 15 is 0 Å². The third kappa shape index (κ3) is 2.76. The highest BCUT2D eigenvalue weighted by molar-refractivity contribution is 5.85. The Morgan fingerprint density at radius 3 is 2.56 bits per heavy atom. The van der Waals surface area contributed by atoms with Crippen molar-refractivity contribution in [2.24, 2.45) is 0 Å². The first kappa shape index (κ1) is 13.0. The summed E-state index contributed by atoms with van der Waals surface area (Å²) in [4.78, 5) is 4.44. The summed E-state index contributed by atoms with van der Waals surface area (Å²) in [5, 5.41) is 9.15. The Kier molecular flexibility index (Phi) is 4.81. The van der Waals surface area contributed by atoms with Gasteiger partial charge < -0.3 is 9.32 Å². The van der Waals surface area contributed by atoms with Gasteiger partial charge >= 0.3 is 0 Å². The van der Waals surface area contributed by atoms with Crippen LogP contribution in [0.2, 0.25) is 0 Å². The molecule has 0 amide bonds. The number of nitrogens with zero attached hydrogens (tertiary/aromatic N) is 3. The summed E-state index contributed by atoms with van der Waals surface area (Å²) in [6.07, 6.45) is 1.62. The van der Waals surface area contributed by atoms with E-state index in [-0.39, 0.29) is 18.4 Å². The lowest BCUT2D eigenvalue weighted by Gasteiger charge is -2.34. The molecule has 1 aliphatic heterocycles. The molecule has 0 aromatic carbocycles. The number of halogens is 1. The van der Waals surface area contributed by atoms with Crippen LogP contribution in [-0.2, 0) is 0 Å². The first-order valence-corrected chi connectivity index (χ1v) is 5.17. The molecule has 1 aromatic rings. The van der Waals surface area contributed by atoms with Crippen LogP contribution in [0.25, 0.3) is 0 Å². The lowest BCUT2D eigenvalue weighted by atomic mass is 10.2. The predicted molar refractivity (Wildman–Crippen MR) is 63.4 cm³/mol. The molecule has 16 heavy (non-hydrogen) atoms. The van der Waals surface area contributed by atoms with E-state index < -0.39 is 0 Å². The van der Waals surface area contributed by atoms with Crippen LogP contribution in [0.5, 0.6) is 0 Å². The summed E-state index contributed by atoms with van der Waals surface area (Å²) in [6.45, 7) is 3.88. The van der Waals surface area contributed by atoms with Gasteiger partial charge in [0.2, 0.25) is 0 Å². The average Bonchev–Trinajstić information content (AvgIpc) is 2.75. The fraction of sp³-hybridized carbons (Fsp3) is 0.545. The van der Waals surface area contributed by atoms with Crippen molar-refractivity contribution < 1.29 is 4.42 Å². The van der Waals surface area contributed by atoms with Crippen LogP contribution in [0.4, 0.5) is 0 Å². The van der Waals surface area contributed by atoms with Crippen LogP contribution >= 0.6 is 12.4 Å². The van der Waals surface area contributed by atoms with E-state index in [1.54, 1.807) is 6.26 Å². The first-order valence-electron chi connectivity index (χ1n) is 5.17. The van der Waals surface area contributed by atoms with Crippen molar-refractivity contribution in [3.63, 3.8) is 0 Å². The van der Waals surface area contributed by atoms with Gasteiger partial charge in [0.05, 0.1) is 12.3 Å². The van der Waals surface area contributed by atoms with Gasteiger partial charge in [-0.25, -0.2) is 0 Å². The van der Waals surface area contributed by atoms with Gasteiger partial charge in [0, 0.05) is 26.2 Å². The summed E-state index contributed by atoms with van der Waals surface area (Å²) < 4.78 is 5.29. The second-order valence-electron chi connectivity index (χ2n) is 3.89. The first-order chi connectivity index (χ1) is 7.31. The molecule has 0 bridgehead atoms. The molecule has 4 nitrogen and oxygen atoms in total. The van der Waals surface area contributed by atoms with Crippen molar-refractivity contribution in [2.75, 3.05) is 33.2 Å². The van der Waals surface area contributed by atoms with Crippen molar-refractivity contribution in [1.29, 1.82) is 5.26 Å². The lowest BCUT2D eigenvalue weighted by Crippen LogP contribution is -2.45. The molecule has 0 radical (unpaired) electrons. The molecule has 0 N–H and O–H groups in total. The molecule has 0 aliphatic carbocycles.